The second-order valence-electron chi connectivity index (χ2n) is 6.41. The minimum atomic E-state index is 0.144. The maximum Gasteiger partial charge on any atom is 0.110 e. The quantitative estimate of drug-likeness (QED) is 0.851. The molecule has 0 fully saturated rings. The fourth-order valence-corrected chi connectivity index (χ4v) is 3.09. The maximum atomic E-state index is 4.78. The number of thiazole rings is 1. The van der Waals surface area contributed by atoms with Gasteiger partial charge in [-0.05, 0) is 12.5 Å². The number of nitrogens with zero attached hydrogens (tertiary/aromatic N) is 1. The Morgan fingerprint density at radius 2 is 1.75 bits per heavy atom. The third-order valence-electron chi connectivity index (χ3n) is 2.69. The van der Waals surface area contributed by atoms with Crippen molar-refractivity contribution in [2.75, 3.05) is 7.05 Å². The first-order valence-corrected chi connectivity index (χ1v) is 6.67. The summed E-state index contributed by atoms with van der Waals surface area (Å²) >= 11 is 1.76. The Hall–Kier alpha value is -0.410. The molecular weight excluding hydrogens is 216 g/mol. The maximum absolute atomic E-state index is 4.78. The minimum absolute atomic E-state index is 0.144. The molecule has 3 heteroatoms. The van der Waals surface area contributed by atoms with Gasteiger partial charge in [-0.25, -0.2) is 4.98 Å². The second kappa shape index (κ2) is 4.46. The molecule has 1 aromatic heterocycles. The van der Waals surface area contributed by atoms with Gasteiger partial charge in [0.05, 0.1) is 11.7 Å². The summed E-state index contributed by atoms with van der Waals surface area (Å²) in [4.78, 5) is 4.78. The van der Waals surface area contributed by atoms with Crippen LogP contribution < -0.4 is 5.32 Å². The van der Waals surface area contributed by atoms with Gasteiger partial charge in [0.2, 0.25) is 0 Å². The van der Waals surface area contributed by atoms with Crippen LogP contribution in [0, 0.1) is 5.41 Å². The molecule has 1 rings (SSSR count). The van der Waals surface area contributed by atoms with Gasteiger partial charge in [0, 0.05) is 10.8 Å². The van der Waals surface area contributed by atoms with E-state index in [9.17, 15) is 0 Å². The van der Waals surface area contributed by atoms with Crippen LogP contribution in [0.4, 0.5) is 0 Å². The molecule has 0 amide bonds. The van der Waals surface area contributed by atoms with Gasteiger partial charge >= 0.3 is 0 Å². The SMILES string of the molecule is CNC(c1nc(C(C)(C)C)cs1)C(C)(C)C. The first-order chi connectivity index (χ1) is 7.16. The number of nitrogens with one attached hydrogen (secondary N) is 1. The monoisotopic (exact) mass is 240 g/mol. The van der Waals surface area contributed by atoms with E-state index < -0.39 is 0 Å². The lowest BCUT2D eigenvalue weighted by atomic mass is 9.87. The van der Waals surface area contributed by atoms with Crippen molar-refractivity contribution in [2.24, 2.45) is 5.41 Å². The van der Waals surface area contributed by atoms with Gasteiger partial charge in [-0.2, -0.15) is 0 Å². The molecule has 0 aliphatic heterocycles. The summed E-state index contributed by atoms with van der Waals surface area (Å²) in [5, 5.41) is 6.75. The lowest BCUT2D eigenvalue weighted by molar-refractivity contribution is 0.285. The van der Waals surface area contributed by atoms with E-state index in [1.54, 1.807) is 11.3 Å². The zero-order chi connectivity index (χ0) is 12.6. The smallest absolute Gasteiger partial charge is 0.110 e. The molecule has 0 bridgehead atoms. The molecule has 0 radical (unpaired) electrons. The number of hydrogen-bond donors (Lipinski definition) is 1. The molecule has 0 saturated heterocycles. The molecule has 92 valence electrons. The van der Waals surface area contributed by atoms with Gasteiger partial charge in [-0.1, -0.05) is 41.5 Å². The Morgan fingerprint density at radius 1 is 1.19 bits per heavy atom. The molecule has 1 heterocycles. The van der Waals surface area contributed by atoms with Crippen molar-refractivity contribution in [2.45, 2.75) is 53.0 Å². The molecule has 1 N–H and O–H groups in total. The van der Waals surface area contributed by atoms with Crippen molar-refractivity contribution >= 4 is 11.3 Å². The van der Waals surface area contributed by atoms with Crippen LogP contribution in [0.15, 0.2) is 5.38 Å². The standard InChI is InChI=1S/C13H24N2S/c1-12(2,3)9-8-16-11(15-9)10(14-7)13(4,5)6/h8,10,14H,1-7H3. The molecule has 16 heavy (non-hydrogen) atoms. The van der Waals surface area contributed by atoms with Gasteiger partial charge in [0.1, 0.15) is 5.01 Å². The Labute approximate surface area is 103 Å². The van der Waals surface area contributed by atoms with E-state index in [1.165, 1.54) is 10.7 Å². The number of aromatic nitrogens is 1. The average molecular weight is 240 g/mol. The van der Waals surface area contributed by atoms with E-state index >= 15 is 0 Å². The predicted octanol–water partition coefficient (Wildman–Crippen LogP) is 3.75. The van der Waals surface area contributed by atoms with E-state index in [0.717, 1.165) is 0 Å². The van der Waals surface area contributed by atoms with Crippen LogP contribution in [0.5, 0.6) is 0 Å². The third-order valence-corrected chi connectivity index (χ3v) is 3.60. The Kier molecular flexibility index (Phi) is 3.80. The first-order valence-electron chi connectivity index (χ1n) is 5.79. The molecule has 0 aliphatic rings. The normalized spacial score (nSPS) is 15.2. The highest BCUT2D eigenvalue weighted by molar-refractivity contribution is 7.09. The van der Waals surface area contributed by atoms with Crippen molar-refractivity contribution < 1.29 is 0 Å². The first kappa shape index (κ1) is 13.7. The predicted molar refractivity (Wildman–Crippen MR) is 72.1 cm³/mol. The molecule has 0 aromatic carbocycles. The molecule has 1 unspecified atom stereocenters. The van der Waals surface area contributed by atoms with Crippen LogP contribution in [0.25, 0.3) is 0 Å². The highest BCUT2D eigenvalue weighted by Crippen LogP contribution is 2.35. The Bertz CT molecular complexity index is 342. The molecule has 0 spiro atoms. The summed E-state index contributed by atoms with van der Waals surface area (Å²) in [5.41, 5.74) is 1.53. The summed E-state index contributed by atoms with van der Waals surface area (Å²) < 4.78 is 0. The fourth-order valence-electron chi connectivity index (χ4n) is 1.69. The Morgan fingerprint density at radius 3 is 2.06 bits per heavy atom. The fraction of sp³-hybridized carbons (Fsp3) is 0.769. The van der Waals surface area contributed by atoms with E-state index in [2.05, 4.69) is 52.2 Å². The van der Waals surface area contributed by atoms with E-state index in [4.69, 9.17) is 4.98 Å². The van der Waals surface area contributed by atoms with Crippen LogP contribution in [0.1, 0.15) is 58.3 Å². The van der Waals surface area contributed by atoms with Crippen LogP contribution in [0.3, 0.4) is 0 Å². The summed E-state index contributed by atoms with van der Waals surface area (Å²) in [6.45, 7) is 13.3. The topological polar surface area (TPSA) is 24.9 Å². The second-order valence-corrected chi connectivity index (χ2v) is 7.30. The summed E-state index contributed by atoms with van der Waals surface area (Å²) in [6.07, 6.45) is 0. The van der Waals surface area contributed by atoms with Gasteiger partial charge in [0.25, 0.3) is 0 Å². The summed E-state index contributed by atoms with van der Waals surface area (Å²) in [7, 11) is 2.01. The lowest BCUT2D eigenvalue weighted by Gasteiger charge is -2.28. The largest absolute Gasteiger partial charge is 0.311 e. The number of rotatable bonds is 2. The average Bonchev–Trinajstić information content (AvgIpc) is 2.50. The minimum Gasteiger partial charge on any atom is -0.311 e. The summed E-state index contributed by atoms with van der Waals surface area (Å²) in [6, 6.07) is 0.327. The molecular formula is C13H24N2S. The highest BCUT2D eigenvalue weighted by atomic mass is 32.1. The zero-order valence-electron chi connectivity index (χ0n) is 11.5. The van der Waals surface area contributed by atoms with Crippen molar-refractivity contribution in [1.82, 2.24) is 10.3 Å². The van der Waals surface area contributed by atoms with Crippen molar-refractivity contribution in [1.29, 1.82) is 0 Å². The molecule has 1 aromatic rings. The van der Waals surface area contributed by atoms with E-state index in [-0.39, 0.29) is 10.8 Å². The van der Waals surface area contributed by atoms with Crippen LogP contribution in [0.2, 0.25) is 0 Å². The van der Waals surface area contributed by atoms with Crippen LogP contribution in [-0.4, -0.2) is 12.0 Å². The van der Waals surface area contributed by atoms with E-state index in [0.29, 0.717) is 6.04 Å². The molecule has 2 nitrogen and oxygen atoms in total. The van der Waals surface area contributed by atoms with Crippen molar-refractivity contribution in [3.8, 4) is 0 Å². The van der Waals surface area contributed by atoms with E-state index in [1.807, 2.05) is 7.05 Å². The third kappa shape index (κ3) is 3.05. The van der Waals surface area contributed by atoms with Crippen molar-refractivity contribution in [3.05, 3.63) is 16.1 Å². The molecule has 0 aliphatic carbocycles. The van der Waals surface area contributed by atoms with Gasteiger partial charge in [0.15, 0.2) is 0 Å². The molecule has 0 saturated carbocycles. The van der Waals surface area contributed by atoms with Crippen LogP contribution >= 0.6 is 11.3 Å². The summed E-state index contributed by atoms with van der Waals surface area (Å²) in [5.74, 6) is 0. The zero-order valence-corrected chi connectivity index (χ0v) is 12.3. The highest BCUT2D eigenvalue weighted by Gasteiger charge is 2.28. The molecule has 1 atom stereocenters. The van der Waals surface area contributed by atoms with Gasteiger partial charge in [-0.3, -0.25) is 0 Å². The Balaban J connectivity index is 3.01. The van der Waals surface area contributed by atoms with Crippen molar-refractivity contribution in [3.63, 3.8) is 0 Å². The number of hydrogen-bond acceptors (Lipinski definition) is 3. The van der Waals surface area contributed by atoms with Gasteiger partial charge < -0.3 is 5.32 Å². The van der Waals surface area contributed by atoms with Gasteiger partial charge in [-0.15, -0.1) is 11.3 Å². The lowest BCUT2D eigenvalue weighted by Crippen LogP contribution is -2.29. The van der Waals surface area contributed by atoms with Crippen LogP contribution in [-0.2, 0) is 5.41 Å².